The Hall–Kier alpha value is -1.35. The molecule has 0 saturated heterocycles. The van der Waals surface area contributed by atoms with Crippen molar-refractivity contribution in [3.63, 3.8) is 0 Å². The molecule has 1 rings (SSSR count). The molecule has 20 heavy (non-hydrogen) atoms. The Balaban J connectivity index is 2.40. The van der Waals surface area contributed by atoms with E-state index in [0.29, 0.717) is 12.3 Å². The lowest BCUT2D eigenvalue weighted by Crippen LogP contribution is -2.18. The zero-order valence-corrected chi connectivity index (χ0v) is 13.0. The van der Waals surface area contributed by atoms with Crippen LogP contribution in [-0.4, -0.2) is 23.6 Å². The molecule has 1 aromatic rings. The molecule has 0 aliphatic heterocycles. The summed E-state index contributed by atoms with van der Waals surface area (Å²) in [5, 5.41) is 9.66. The van der Waals surface area contributed by atoms with Crippen molar-refractivity contribution in [3.05, 3.63) is 29.8 Å². The number of carbonyl (C=O) groups excluding carboxylic acids is 1. The van der Waals surface area contributed by atoms with Gasteiger partial charge in [-0.2, -0.15) is 0 Å². The number of aliphatic hydroxyl groups is 1. The fourth-order valence-corrected chi connectivity index (χ4v) is 2.20. The molecule has 1 atom stereocenters. The first-order valence-electron chi connectivity index (χ1n) is 7.21. The van der Waals surface area contributed by atoms with E-state index in [1.54, 1.807) is 7.11 Å². The van der Waals surface area contributed by atoms with Crippen molar-refractivity contribution in [2.75, 3.05) is 7.11 Å². The van der Waals surface area contributed by atoms with E-state index in [4.69, 9.17) is 4.74 Å². The summed E-state index contributed by atoms with van der Waals surface area (Å²) >= 11 is 0. The summed E-state index contributed by atoms with van der Waals surface area (Å²) in [4.78, 5) is 12.1. The van der Waals surface area contributed by atoms with Gasteiger partial charge in [-0.25, -0.2) is 0 Å². The van der Waals surface area contributed by atoms with Crippen LogP contribution in [0.3, 0.4) is 0 Å². The molecule has 0 aliphatic rings. The van der Waals surface area contributed by atoms with Crippen molar-refractivity contribution in [2.45, 2.75) is 52.1 Å². The van der Waals surface area contributed by atoms with Crippen LogP contribution in [0.2, 0.25) is 0 Å². The molecule has 3 nitrogen and oxygen atoms in total. The van der Waals surface area contributed by atoms with E-state index in [-0.39, 0.29) is 5.78 Å². The van der Waals surface area contributed by atoms with E-state index in [1.165, 1.54) is 0 Å². The highest BCUT2D eigenvalue weighted by Crippen LogP contribution is 2.20. The predicted octanol–water partition coefficient (Wildman–Crippen LogP) is 3.85. The molecule has 0 fully saturated rings. The summed E-state index contributed by atoms with van der Waals surface area (Å²) < 4.78 is 5.08. The molecule has 1 unspecified atom stereocenters. The highest BCUT2D eigenvalue weighted by Gasteiger charge is 2.15. The van der Waals surface area contributed by atoms with Gasteiger partial charge in [0, 0.05) is 12.0 Å². The van der Waals surface area contributed by atoms with E-state index < -0.39 is 5.60 Å². The van der Waals surface area contributed by atoms with Crippen molar-refractivity contribution in [1.82, 2.24) is 0 Å². The minimum atomic E-state index is -0.611. The lowest BCUT2D eigenvalue weighted by molar-refractivity contribution is 0.0668. The van der Waals surface area contributed by atoms with Gasteiger partial charge in [0.15, 0.2) is 5.78 Å². The largest absolute Gasteiger partial charge is 0.497 e. The molecular weight excluding hydrogens is 252 g/mol. The van der Waals surface area contributed by atoms with E-state index in [9.17, 15) is 9.90 Å². The number of ether oxygens (including phenoxy) is 1. The maximum absolute atomic E-state index is 12.1. The number of hydrogen-bond acceptors (Lipinski definition) is 3. The summed E-state index contributed by atoms with van der Waals surface area (Å²) in [5.41, 5.74) is 0.125. The fraction of sp³-hybridized carbons (Fsp3) is 0.588. The van der Waals surface area contributed by atoms with Crippen LogP contribution in [-0.2, 0) is 0 Å². The second-order valence-electron chi connectivity index (χ2n) is 6.17. The number of benzene rings is 1. The minimum absolute atomic E-state index is 0.170. The van der Waals surface area contributed by atoms with Gasteiger partial charge in [0.2, 0.25) is 0 Å². The predicted molar refractivity (Wildman–Crippen MR) is 81.3 cm³/mol. The summed E-state index contributed by atoms with van der Waals surface area (Å²) in [5.74, 6) is 1.27. The zero-order valence-electron chi connectivity index (χ0n) is 13.0. The van der Waals surface area contributed by atoms with Gasteiger partial charge in [0.05, 0.1) is 12.7 Å². The van der Waals surface area contributed by atoms with E-state index in [1.807, 2.05) is 38.1 Å². The monoisotopic (exact) mass is 278 g/mol. The molecule has 1 aromatic carbocycles. The van der Waals surface area contributed by atoms with E-state index in [0.717, 1.165) is 30.6 Å². The standard InChI is InChI=1S/C17H26O3/c1-13(6-5-11-17(2,3)19)12-16(18)14-7-9-15(20-4)10-8-14/h7-10,13,19H,5-6,11-12H2,1-4H3. The molecular formula is C17H26O3. The average molecular weight is 278 g/mol. The molecule has 0 aromatic heterocycles. The van der Waals surface area contributed by atoms with Gasteiger partial charge in [0.1, 0.15) is 5.75 Å². The second-order valence-corrected chi connectivity index (χ2v) is 6.17. The topological polar surface area (TPSA) is 46.5 Å². The third kappa shape index (κ3) is 6.20. The van der Waals surface area contributed by atoms with Crippen LogP contribution in [0.1, 0.15) is 56.8 Å². The molecule has 0 saturated carbocycles. The quantitative estimate of drug-likeness (QED) is 0.735. The number of carbonyl (C=O) groups is 1. The minimum Gasteiger partial charge on any atom is -0.497 e. The van der Waals surface area contributed by atoms with Crippen molar-refractivity contribution in [3.8, 4) is 5.75 Å². The Morgan fingerprint density at radius 1 is 1.30 bits per heavy atom. The molecule has 3 heteroatoms. The third-order valence-electron chi connectivity index (χ3n) is 3.43. The van der Waals surface area contributed by atoms with Gasteiger partial charge in [-0.1, -0.05) is 19.8 Å². The maximum Gasteiger partial charge on any atom is 0.163 e. The number of rotatable bonds is 8. The van der Waals surface area contributed by atoms with Crippen molar-refractivity contribution in [2.24, 2.45) is 5.92 Å². The van der Waals surface area contributed by atoms with Crippen LogP contribution >= 0.6 is 0 Å². The molecule has 1 N–H and O–H groups in total. The van der Waals surface area contributed by atoms with Crippen LogP contribution in [0, 0.1) is 5.92 Å². The van der Waals surface area contributed by atoms with Gasteiger partial charge < -0.3 is 9.84 Å². The Morgan fingerprint density at radius 3 is 2.40 bits per heavy atom. The average Bonchev–Trinajstić information content (AvgIpc) is 2.37. The molecule has 0 heterocycles. The van der Waals surface area contributed by atoms with E-state index >= 15 is 0 Å². The smallest absolute Gasteiger partial charge is 0.163 e. The molecule has 0 spiro atoms. The van der Waals surface area contributed by atoms with Crippen LogP contribution in [0.25, 0.3) is 0 Å². The van der Waals surface area contributed by atoms with Crippen molar-refractivity contribution in [1.29, 1.82) is 0 Å². The highest BCUT2D eigenvalue weighted by atomic mass is 16.5. The lowest BCUT2D eigenvalue weighted by Gasteiger charge is -2.18. The Morgan fingerprint density at radius 2 is 1.90 bits per heavy atom. The first-order valence-corrected chi connectivity index (χ1v) is 7.21. The molecule has 0 amide bonds. The molecule has 0 bridgehead atoms. The van der Waals surface area contributed by atoms with Crippen molar-refractivity contribution < 1.29 is 14.6 Å². The number of methoxy groups -OCH3 is 1. The third-order valence-corrected chi connectivity index (χ3v) is 3.43. The summed E-state index contributed by atoms with van der Waals surface area (Å²) in [6.07, 6.45) is 3.23. The first-order chi connectivity index (χ1) is 9.31. The molecule has 0 radical (unpaired) electrons. The summed E-state index contributed by atoms with van der Waals surface area (Å²) in [6.45, 7) is 5.73. The Labute approximate surface area is 122 Å². The van der Waals surface area contributed by atoms with Gasteiger partial charge in [0.25, 0.3) is 0 Å². The summed E-state index contributed by atoms with van der Waals surface area (Å²) in [7, 11) is 1.61. The normalized spacial score (nSPS) is 13.1. The SMILES string of the molecule is COc1ccc(C(=O)CC(C)CCCC(C)(C)O)cc1. The van der Waals surface area contributed by atoms with Crippen LogP contribution in [0.5, 0.6) is 5.75 Å². The van der Waals surface area contributed by atoms with E-state index in [2.05, 4.69) is 6.92 Å². The van der Waals surface area contributed by atoms with Crippen molar-refractivity contribution >= 4 is 5.78 Å². The number of Topliss-reactive ketones (excluding diaryl/α,β-unsaturated/α-hetero) is 1. The van der Waals surface area contributed by atoms with Crippen LogP contribution in [0.4, 0.5) is 0 Å². The fourth-order valence-electron chi connectivity index (χ4n) is 2.20. The summed E-state index contributed by atoms with van der Waals surface area (Å²) in [6, 6.07) is 7.24. The molecule has 0 aliphatic carbocycles. The number of ketones is 1. The van der Waals surface area contributed by atoms with Gasteiger partial charge >= 0.3 is 0 Å². The second kappa shape index (κ2) is 7.44. The Bertz CT molecular complexity index is 415. The lowest BCUT2D eigenvalue weighted by atomic mass is 9.92. The highest BCUT2D eigenvalue weighted by molar-refractivity contribution is 5.96. The van der Waals surface area contributed by atoms with Crippen LogP contribution < -0.4 is 4.74 Å². The van der Waals surface area contributed by atoms with Gasteiger partial charge in [-0.05, 0) is 50.5 Å². The Kier molecular flexibility index (Phi) is 6.21. The zero-order chi connectivity index (χ0) is 15.2. The van der Waals surface area contributed by atoms with Gasteiger partial charge in [-0.3, -0.25) is 4.79 Å². The number of hydrogen-bond donors (Lipinski definition) is 1. The van der Waals surface area contributed by atoms with Gasteiger partial charge in [-0.15, -0.1) is 0 Å². The first kappa shape index (κ1) is 16.7. The maximum atomic E-state index is 12.1. The van der Waals surface area contributed by atoms with Crippen LogP contribution in [0.15, 0.2) is 24.3 Å². The molecule has 112 valence electrons.